The Morgan fingerprint density at radius 1 is 0.552 bits per heavy atom. The summed E-state index contributed by atoms with van der Waals surface area (Å²) < 4.78 is 0. The normalized spacial score (nSPS) is 10.8. The Bertz CT molecular complexity index is 1000. The number of aromatic hydroxyl groups is 1. The number of benzene rings is 4. The molecule has 29 heavy (non-hydrogen) atoms. The quantitative estimate of drug-likeness (QED) is 0.407. The molecule has 0 radical (unpaired) electrons. The van der Waals surface area contributed by atoms with Crippen LogP contribution in [0.5, 0.6) is 5.75 Å². The summed E-state index contributed by atoms with van der Waals surface area (Å²) in [6, 6.07) is 33.6. The van der Waals surface area contributed by atoms with Gasteiger partial charge >= 0.3 is 0 Å². The van der Waals surface area contributed by atoms with E-state index in [4.69, 9.17) is 0 Å². The van der Waals surface area contributed by atoms with Gasteiger partial charge in [0.1, 0.15) is 5.75 Å². The molecule has 0 fully saturated rings. The topological polar surface area (TPSA) is 20.2 Å². The molecular weight excluding hydrogens is 352 g/mol. The van der Waals surface area contributed by atoms with Gasteiger partial charge in [0.05, 0.1) is 0 Å². The molecule has 1 N–H and O–H groups in total. The second-order valence-corrected chi connectivity index (χ2v) is 7.73. The molecule has 144 valence electrons. The minimum Gasteiger partial charge on any atom is -0.508 e. The Morgan fingerprint density at radius 3 is 1.48 bits per heavy atom. The lowest BCUT2D eigenvalue weighted by molar-refractivity contribution is 0.475. The average molecular weight is 379 g/mol. The minimum absolute atomic E-state index is 0.312. The Morgan fingerprint density at radius 2 is 1.00 bits per heavy atom. The summed E-state index contributed by atoms with van der Waals surface area (Å²) in [6.45, 7) is 2.19. The molecule has 4 rings (SSSR count). The zero-order valence-corrected chi connectivity index (χ0v) is 16.8. The molecule has 0 amide bonds. The molecule has 0 unspecified atom stereocenters. The molecule has 4 aromatic rings. The summed E-state index contributed by atoms with van der Waals surface area (Å²) in [5.74, 6) is 0.312. The van der Waals surface area contributed by atoms with Gasteiger partial charge in [0.25, 0.3) is 0 Å². The lowest BCUT2D eigenvalue weighted by atomic mass is 9.87. The zero-order chi connectivity index (χ0) is 20.1. The van der Waals surface area contributed by atoms with Crippen molar-refractivity contribution >= 4 is 0 Å². The molecule has 0 saturated carbocycles. The highest BCUT2D eigenvalue weighted by molar-refractivity contribution is 5.46. The fourth-order valence-electron chi connectivity index (χ4n) is 3.96. The van der Waals surface area contributed by atoms with E-state index in [1.165, 1.54) is 38.9 Å². The van der Waals surface area contributed by atoms with E-state index in [1.54, 1.807) is 12.1 Å². The van der Waals surface area contributed by atoms with E-state index in [0.29, 0.717) is 5.75 Å². The summed E-state index contributed by atoms with van der Waals surface area (Å²) in [5.41, 5.74) is 9.34. The second-order valence-electron chi connectivity index (χ2n) is 7.73. The van der Waals surface area contributed by atoms with E-state index in [2.05, 4.69) is 79.7 Å². The van der Waals surface area contributed by atoms with Crippen molar-refractivity contribution < 1.29 is 5.11 Å². The van der Waals surface area contributed by atoms with Gasteiger partial charge in [0.2, 0.25) is 0 Å². The zero-order valence-electron chi connectivity index (χ0n) is 16.8. The van der Waals surface area contributed by atoms with Crippen molar-refractivity contribution in [2.75, 3.05) is 0 Å². The van der Waals surface area contributed by atoms with E-state index in [0.717, 1.165) is 19.3 Å². The van der Waals surface area contributed by atoms with E-state index < -0.39 is 0 Å². The highest BCUT2D eigenvalue weighted by atomic mass is 16.3. The van der Waals surface area contributed by atoms with Gasteiger partial charge in [0, 0.05) is 0 Å². The molecule has 0 aliphatic rings. The Labute approximate surface area is 173 Å². The van der Waals surface area contributed by atoms with Crippen molar-refractivity contribution in [3.05, 3.63) is 136 Å². The third kappa shape index (κ3) is 4.94. The van der Waals surface area contributed by atoms with Gasteiger partial charge in [-0.1, -0.05) is 90.5 Å². The smallest absolute Gasteiger partial charge is 0.115 e. The van der Waals surface area contributed by atoms with Gasteiger partial charge in [0.15, 0.2) is 0 Å². The van der Waals surface area contributed by atoms with Crippen LogP contribution < -0.4 is 0 Å². The molecular formula is C28H26O. The monoisotopic (exact) mass is 378 g/mol. The van der Waals surface area contributed by atoms with Crippen molar-refractivity contribution in [3.8, 4) is 5.75 Å². The Kier molecular flexibility index (Phi) is 5.76. The maximum atomic E-state index is 9.66. The second kappa shape index (κ2) is 8.79. The van der Waals surface area contributed by atoms with E-state index >= 15 is 0 Å². The van der Waals surface area contributed by atoms with Crippen LogP contribution in [0.25, 0.3) is 0 Å². The van der Waals surface area contributed by atoms with Crippen molar-refractivity contribution in [3.63, 3.8) is 0 Å². The molecule has 0 aliphatic carbocycles. The maximum absolute atomic E-state index is 9.66. The van der Waals surface area contributed by atoms with Gasteiger partial charge in [-0.2, -0.15) is 0 Å². The fraction of sp³-hybridized carbons (Fsp3) is 0.143. The minimum atomic E-state index is 0.312. The van der Waals surface area contributed by atoms with E-state index in [9.17, 15) is 5.11 Å². The SMILES string of the molecule is Cc1cc(Cc2ccccc2)c(Cc2ccc(O)cc2)c(Cc2ccccc2)c1. The highest BCUT2D eigenvalue weighted by Crippen LogP contribution is 2.26. The van der Waals surface area contributed by atoms with Crippen LogP contribution in [-0.4, -0.2) is 5.11 Å². The van der Waals surface area contributed by atoms with E-state index in [-0.39, 0.29) is 0 Å². The molecule has 4 aromatic carbocycles. The van der Waals surface area contributed by atoms with Crippen molar-refractivity contribution in [1.29, 1.82) is 0 Å². The van der Waals surface area contributed by atoms with Gasteiger partial charge in [-0.15, -0.1) is 0 Å². The molecule has 0 heterocycles. The number of hydrogen-bond acceptors (Lipinski definition) is 1. The third-order valence-corrected chi connectivity index (χ3v) is 5.37. The number of phenolic OH excluding ortho intramolecular Hbond substituents is 1. The first kappa shape index (κ1) is 19.0. The first-order valence-electron chi connectivity index (χ1n) is 10.1. The molecule has 0 saturated heterocycles. The van der Waals surface area contributed by atoms with Crippen LogP contribution in [0.2, 0.25) is 0 Å². The standard InChI is InChI=1S/C28H26O/c1-21-16-25(18-22-8-4-2-5-9-22)28(20-24-12-14-27(29)15-13-24)26(17-21)19-23-10-6-3-7-11-23/h2-17,29H,18-20H2,1H3. The van der Waals surface area contributed by atoms with Crippen LogP contribution in [0.15, 0.2) is 97.1 Å². The van der Waals surface area contributed by atoms with Crippen LogP contribution in [0.3, 0.4) is 0 Å². The largest absolute Gasteiger partial charge is 0.508 e. The Hall–Kier alpha value is -3.32. The van der Waals surface area contributed by atoms with Gasteiger partial charge in [-0.05, 0) is 71.7 Å². The first-order valence-corrected chi connectivity index (χ1v) is 10.1. The van der Waals surface area contributed by atoms with Crippen LogP contribution in [0, 0.1) is 6.92 Å². The predicted octanol–water partition coefficient (Wildman–Crippen LogP) is 6.47. The number of rotatable bonds is 6. The average Bonchev–Trinajstić information content (AvgIpc) is 2.73. The van der Waals surface area contributed by atoms with Crippen molar-refractivity contribution in [2.24, 2.45) is 0 Å². The molecule has 0 aromatic heterocycles. The summed E-state index contributed by atoms with van der Waals surface area (Å²) in [6.07, 6.45) is 2.72. The lowest BCUT2D eigenvalue weighted by Crippen LogP contribution is -2.05. The Balaban J connectivity index is 1.76. The third-order valence-electron chi connectivity index (χ3n) is 5.37. The van der Waals surface area contributed by atoms with Crippen LogP contribution in [0.1, 0.15) is 38.9 Å². The van der Waals surface area contributed by atoms with Crippen molar-refractivity contribution in [1.82, 2.24) is 0 Å². The number of phenols is 1. The summed E-state index contributed by atoms with van der Waals surface area (Å²) >= 11 is 0. The van der Waals surface area contributed by atoms with E-state index in [1.807, 2.05) is 12.1 Å². The van der Waals surface area contributed by atoms with Crippen LogP contribution in [0.4, 0.5) is 0 Å². The van der Waals surface area contributed by atoms with Gasteiger partial charge in [-0.25, -0.2) is 0 Å². The maximum Gasteiger partial charge on any atom is 0.115 e. The molecule has 0 bridgehead atoms. The predicted molar refractivity (Wildman–Crippen MR) is 121 cm³/mol. The molecule has 1 heteroatoms. The summed E-state index contributed by atoms with van der Waals surface area (Å²) in [7, 11) is 0. The van der Waals surface area contributed by atoms with Gasteiger partial charge in [-0.3, -0.25) is 0 Å². The summed E-state index contributed by atoms with van der Waals surface area (Å²) in [5, 5.41) is 9.66. The van der Waals surface area contributed by atoms with Crippen LogP contribution >= 0.6 is 0 Å². The van der Waals surface area contributed by atoms with Gasteiger partial charge < -0.3 is 5.11 Å². The molecule has 0 spiro atoms. The fourth-order valence-corrected chi connectivity index (χ4v) is 3.96. The molecule has 1 nitrogen and oxygen atoms in total. The summed E-state index contributed by atoms with van der Waals surface area (Å²) in [4.78, 5) is 0. The van der Waals surface area contributed by atoms with Crippen LogP contribution in [-0.2, 0) is 19.3 Å². The van der Waals surface area contributed by atoms with Crippen molar-refractivity contribution in [2.45, 2.75) is 26.2 Å². The first-order chi connectivity index (χ1) is 14.2. The highest BCUT2D eigenvalue weighted by Gasteiger charge is 2.12. The number of aryl methyl sites for hydroxylation is 1. The molecule has 0 atom stereocenters. The molecule has 0 aliphatic heterocycles. The lowest BCUT2D eigenvalue weighted by Gasteiger charge is -2.18. The number of hydrogen-bond donors (Lipinski definition) is 1.